The lowest BCUT2D eigenvalue weighted by Crippen LogP contribution is -2.11. The largest absolute Gasteiger partial charge is 0.481 e. The van der Waals surface area contributed by atoms with Crippen molar-refractivity contribution in [3.63, 3.8) is 0 Å². The van der Waals surface area contributed by atoms with Gasteiger partial charge in [0.2, 0.25) is 0 Å². The van der Waals surface area contributed by atoms with Gasteiger partial charge in [0.05, 0.1) is 6.42 Å². The lowest BCUT2D eigenvalue weighted by Gasteiger charge is -1.88. The van der Waals surface area contributed by atoms with Gasteiger partial charge in [-0.3, -0.25) is 4.79 Å². The van der Waals surface area contributed by atoms with Crippen molar-refractivity contribution in [2.45, 2.75) is 19.8 Å². The molecule has 0 saturated carbocycles. The average molecular weight is 176 g/mol. The van der Waals surface area contributed by atoms with Crippen LogP contribution in [0.15, 0.2) is 0 Å². The molecular weight excluding hydrogens is 156 g/mol. The molecule has 0 aromatic carbocycles. The fourth-order valence-electron chi connectivity index (χ4n) is 0.482. The van der Waals surface area contributed by atoms with Crippen molar-refractivity contribution >= 4 is 5.97 Å². The summed E-state index contributed by atoms with van der Waals surface area (Å²) in [4.78, 5) is 9.72. The summed E-state index contributed by atoms with van der Waals surface area (Å²) < 4.78 is 0. The predicted octanol–water partition coefficient (Wildman–Crippen LogP) is 0.296. The molecule has 0 aliphatic heterocycles. The summed E-state index contributed by atoms with van der Waals surface area (Å²) in [7, 11) is 3.69. The van der Waals surface area contributed by atoms with Gasteiger partial charge in [0.15, 0.2) is 0 Å². The van der Waals surface area contributed by atoms with E-state index in [2.05, 4.69) is 17.6 Å². The van der Waals surface area contributed by atoms with Crippen LogP contribution in [0.25, 0.3) is 0 Å². The first-order chi connectivity index (χ1) is 5.68. The van der Waals surface area contributed by atoms with E-state index in [4.69, 9.17) is 5.11 Å². The third-order valence-electron chi connectivity index (χ3n) is 1.09. The van der Waals surface area contributed by atoms with Gasteiger partial charge in [-0.2, -0.15) is 0 Å². The Hall–Kier alpha value is -0.610. The number of rotatable bonds is 5. The molecule has 0 amide bonds. The smallest absolute Gasteiger partial charge is 0.304 e. The Bertz CT molecular complexity index is 95.1. The van der Waals surface area contributed by atoms with Gasteiger partial charge in [-0.05, 0) is 27.1 Å². The van der Waals surface area contributed by atoms with Gasteiger partial charge in [0, 0.05) is 6.54 Å². The van der Waals surface area contributed by atoms with E-state index in [-0.39, 0.29) is 6.42 Å². The van der Waals surface area contributed by atoms with E-state index in [9.17, 15) is 4.79 Å². The Balaban J connectivity index is 0. The molecule has 0 atom stereocenters. The molecule has 0 bridgehead atoms. The molecule has 0 spiro atoms. The number of hydrogen-bond acceptors (Lipinski definition) is 3. The minimum absolute atomic E-state index is 0.205. The van der Waals surface area contributed by atoms with E-state index in [1.54, 1.807) is 7.05 Å². The summed E-state index contributed by atoms with van der Waals surface area (Å²) in [6.45, 7) is 3.84. The Labute approximate surface area is 74.4 Å². The van der Waals surface area contributed by atoms with Crippen molar-refractivity contribution in [2.24, 2.45) is 0 Å². The van der Waals surface area contributed by atoms with Crippen molar-refractivity contribution in [3.8, 4) is 0 Å². The first kappa shape index (κ1) is 13.9. The summed E-state index contributed by atoms with van der Waals surface area (Å²) in [5.74, 6) is -0.755. The highest BCUT2D eigenvalue weighted by Crippen LogP contribution is 1.70. The molecule has 0 heterocycles. The minimum Gasteiger partial charge on any atom is -0.481 e. The van der Waals surface area contributed by atoms with Crippen LogP contribution in [0.2, 0.25) is 0 Å². The minimum atomic E-state index is -0.755. The maximum absolute atomic E-state index is 9.72. The molecule has 0 aromatic heterocycles. The molecule has 0 aliphatic carbocycles. The predicted molar refractivity (Wildman–Crippen MR) is 50.4 cm³/mol. The topological polar surface area (TPSA) is 61.4 Å². The van der Waals surface area contributed by atoms with Crippen LogP contribution in [0.1, 0.15) is 19.8 Å². The molecular formula is C8H20N2O2. The molecule has 0 saturated heterocycles. The number of hydrogen-bond donors (Lipinski definition) is 3. The number of nitrogens with one attached hydrogen (secondary N) is 2. The maximum Gasteiger partial charge on any atom is 0.304 e. The van der Waals surface area contributed by atoms with Gasteiger partial charge in [0.1, 0.15) is 0 Å². The fourth-order valence-corrected chi connectivity index (χ4v) is 0.482. The van der Waals surface area contributed by atoms with E-state index >= 15 is 0 Å². The monoisotopic (exact) mass is 176 g/mol. The molecule has 4 nitrogen and oxygen atoms in total. The standard InChI is InChI=1S/C4H9NO2.C4H11N/c1-5-3-2-4(6)7;1-3-4-5-2/h5H,2-3H2,1H3,(H,6,7);5H,3-4H2,1-2H3. The molecule has 74 valence electrons. The van der Waals surface area contributed by atoms with E-state index in [0.29, 0.717) is 6.54 Å². The van der Waals surface area contributed by atoms with Crippen LogP contribution >= 0.6 is 0 Å². The zero-order valence-corrected chi connectivity index (χ0v) is 8.18. The van der Waals surface area contributed by atoms with Crippen molar-refractivity contribution in [1.29, 1.82) is 0 Å². The molecule has 0 unspecified atom stereocenters. The highest BCUT2D eigenvalue weighted by molar-refractivity contribution is 5.66. The van der Waals surface area contributed by atoms with Crippen molar-refractivity contribution in [1.82, 2.24) is 10.6 Å². The van der Waals surface area contributed by atoms with Crippen LogP contribution < -0.4 is 10.6 Å². The molecule has 0 fully saturated rings. The number of carboxylic acid groups (broad SMARTS) is 1. The van der Waals surface area contributed by atoms with Crippen LogP contribution in [0.5, 0.6) is 0 Å². The van der Waals surface area contributed by atoms with Gasteiger partial charge < -0.3 is 15.7 Å². The quantitative estimate of drug-likeness (QED) is 0.563. The zero-order valence-electron chi connectivity index (χ0n) is 8.18. The normalized spacial score (nSPS) is 8.58. The van der Waals surface area contributed by atoms with Crippen molar-refractivity contribution < 1.29 is 9.90 Å². The summed E-state index contributed by atoms with van der Waals surface area (Å²) in [5, 5.41) is 13.7. The second-order valence-electron chi connectivity index (χ2n) is 2.35. The third-order valence-corrected chi connectivity index (χ3v) is 1.09. The average Bonchev–Trinajstić information content (AvgIpc) is 2.03. The summed E-state index contributed by atoms with van der Waals surface area (Å²) >= 11 is 0. The molecule has 0 aliphatic rings. The van der Waals surface area contributed by atoms with Crippen LogP contribution in [0.3, 0.4) is 0 Å². The highest BCUT2D eigenvalue weighted by Gasteiger charge is 1.90. The summed E-state index contributed by atoms with van der Waals surface area (Å²) in [6.07, 6.45) is 1.44. The number of carboxylic acids is 1. The van der Waals surface area contributed by atoms with Crippen molar-refractivity contribution in [2.75, 3.05) is 27.2 Å². The second kappa shape index (κ2) is 13.0. The Morgan fingerprint density at radius 1 is 1.25 bits per heavy atom. The Morgan fingerprint density at radius 3 is 1.83 bits per heavy atom. The first-order valence-corrected chi connectivity index (χ1v) is 4.20. The number of aliphatic carboxylic acids is 1. The lowest BCUT2D eigenvalue weighted by atomic mass is 10.4. The Kier molecular flexibility index (Phi) is 15.1. The van der Waals surface area contributed by atoms with Gasteiger partial charge in [-0.15, -0.1) is 0 Å². The molecule has 0 rings (SSSR count). The maximum atomic E-state index is 9.72. The van der Waals surface area contributed by atoms with Crippen LogP contribution in [-0.4, -0.2) is 38.3 Å². The molecule has 12 heavy (non-hydrogen) atoms. The van der Waals surface area contributed by atoms with E-state index in [0.717, 1.165) is 6.54 Å². The SMILES string of the molecule is CCCNC.CNCCC(=O)O. The summed E-state index contributed by atoms with van der Waals surface area (Å²) in [5.41, 5.74) is 0. The summed E-state index contributed by atoms with van der Waals surface area (Å²) in [6, 6.07) is 0. The zero-order chi connectivity index (χ0) is 9.82. The van der Waals surface area contributed by atoms with Crippen LogP contribution in [0, 0.1) is 0 Å². The third kappa shape index (κ3) is 22.8. The fraction of sp³-hybridized carbons (Fsp3) is 0.875. The van der Waals surface area contributed by atoms with Gasteiger partial charge in [-0.25, -0.2) is 0 Å². The van der Waals surface area contributed by atoms with Gasteiger partial charge >= 0.3 is 5.97 Å². The van der Waals surface area contributed by atoms with E-state index < -0.39 is 5.97 Å². The highest BCUT2D eigenvalue weighted by atomic mass is 16.4. The molecule has 3 N–H and O–H groups in total. The Morgan fingerprint density at radius 2 is 1.75 bits per heavy atom. The van der Waals surface area contributed by atoms with E-state index in [1.807, 2.05) is 7.05 Å². The van der Waals surface area contributed by atoms with Crippen LogP contribution in [0.4, 0.5) is 0 Å². The molecule has 0 radical (unpaired) electrons. The number of carbonyl (C=O) groups is 1. The van der Waals surface area contributed by atoms with Crippen molar-refractivity contribution in [3.05, 3.63) is 0 Å². The molecule has 0 aromatic rings. The lowest BCUT2D eigenvalue weighted by molar-refractivity contribution is -0.136. The first-order valence-electron chi connectivity index (χ1n) is 4.20. The van der Waals surface area contributed by atoms with Crippen LogP contribution in [-0.2, 0) is 4.79 Å². The molecule has 4 heteroatoms. The van der Waals surface area contributed by atoms with Gasteiger partial charge in [-0.1, -0.05) is 6.92 Å². The van der Waals surface area contributed by atoms with E-state index in [1.165, 1.54) is 6.42 Å². The second-order valence-corrected chi connectivity index (χ2v) is 2.35. The van der Waals surface area contributed by atoms with Gasteiger partial charge in [0.25, 0.3) is 0 Å².